The number of hydrogen-bond donors (Lipinski definition) is 1. The van der Waals surface area contributed by atoms with Crippen LogP contribution in [0, 0.1) is 0 Å². The summed E-state index contributed by atoms with van der Waals surface area (Å²) >= 11 is 1.56. The van der Waals surface area contributed by atoms with E-state index in [1.807, 2.05) is 7.05 Å². The first-order valence-electron chi connectivity index (χ1n) is 4.89. The monoisotopic (exact) mass is 267 g/mol. The van der Waals surface area contributed by atoms with Crippen LogP contribution < -0.4 is 5.32 Å². The fourth-order valence-corrected chi connectivity index (χ4v) is 2.13. The van der Waals surface area contributed by atoms with Crippen LogP contribution in [0.25, 0.3) is 0 Å². The number of amides is 2. The van der Waals surface area contributed by atoms with Crippen molar-refractivity contribution < 1.29 is 9.59 Å². The molecule has 94 valence electrons. The van der Waals surface area contributed by atoms with Crippen LogP contribution in [-0.2, 0) is 9.59 Å². The summed E-state index contributed by atoms with van der Waals surface area (Å²) in [5.74, 6) is 1.22. The lowest BCUT2D eigenvalue weighted by molar-refractivity contribution is -0.137. The van der Waals surface area contributed by atoms with E-state index < -0.39 is 0 Å². The Kier molecular flexibility index (Phi) is 7.53. The number of nitrogens with zero attached hydrogens (tertiary/aromatic N) is 2. The average molecular weight is 268 g/mol. The molecule has 0 aromatic rings. The van der Waals surface area contributed by atoms with E-state index in [0.717, 1.165) is 6.54 Å². The van der Waals surface area contributed by atoms with E-state index in [4.69, 9.17) is 0 Å². The number of thioether (sulfide) groups is 1. The number of carbonyl (C=O) groups excluding carboxylic acids is 2. The summed E-state index contributed by atoms with van der Waals surface area (Å²) in [6, 6.07) is 0. The number of halogens is 1. The summed E-state index contributed by atoms with van der Waals surface area (Å²) in [7, 11) is 3.60. The van der Waals surface area contributed by atoms with Gasteiger partial charge in [0.25, 0.3) is 0 Å². The van der Waals surface area contributed by atoms with E-state index in [1.54, 1.807) is 28.6 Å². The zero-order chi connectivity index (χ0) is 11.3. The summed E-state index contributed by atoms with van der Waals surface area (Å²) in [6.45, 7) is 1.65. The van der Waals surface area contributed by atoms with Gasteiger partial charge in [0.05, 0.1) is 11.6 Å². The van der Waals surface area contributed by atoms with E-state index in [9.17, 15) is 9.59 Å². The first-order valence-corrected chi connectivity index (χ1v) is 6.04. The van der Waals surface area contributed by atoms with E-state index in [0.29, 0.717) is 18.2 Å². The third-order valence-corrected chi connectivity index (χ3v) is 3.22. The van der Waals surface area contributed by atoms with Crippen LogP contribution in [0.4, 0.5) is 0 Å². The molecule has 2 amide bonds. The lowest BCUT2D eigenvalue weighted by Gasteiger charge is -2.20. The Labute approximate surface area is 106 Å². The molecule has 0 spiro atoms. The molecule has 0 aliphatic carbocycles. The van der Waals surface area contributed by atoms with Crippen LogP contribution in [0.5, 0.6) is 0 Å². The molecule has 1 N–H and O–H groups in total. The summed E-state index contributed by atoms with van der Waals surface area (Å²) in [6.07, 6.45) is 0. The molecule has 0 atom stereocenters. The molecule has 0 saturated carbocycles. The molecule has 0 bridgehead atoms. The minimum absolute atomic E-state index is 0. The van der Waals surface area contributed by atoms with Crippen molar-refractivity contribution in [2.75, 3.05) is 45.4 Å². The summed E-state index contributed by atoms with van der Waals surface area (Å²) in [5.41, 5.74) is 0. The molecule has 1 aliphatic rings. The zero-order valence-electron chi connectivity index (χ0n) is 9.56. The maximum Gasteiger partial charge on any atom is 0.242 e. The summed E-state index contributed by atoms with van der Waals surface area (Å²) < 4.78 is 0. The van der Waals surface area contributed by atoms with Crippen LogP contribution in [0.1, 0.15) is 0 Å². The highest BCUT2D eigenvalue weighted by Gasteiger charge is 2.23. The number of rotatable bonds is 5. The molecule has 1 rings (SSSR count). The van der Waals surface area contributed by atoms with Gasteiger partial charge in [-0.05, 0) is 7.05 Å². The van der Waals surface area contributed by atoms with Gasteiger partial charge in [-0.3, -0.25) is 9.59 Å². The Morgan fingerprint density at radius 1 is 1.62 bits per heavy atom. The second-order valence-corrected chi connectivity index (χ2v) is 4.44. The van der Waals surface area contributed by atoms with Gasteiger partial charge in [-0.15, -0.1) is 24.2 Å². The molecule has 0 unspecified atom stereocenters. The maximum absolute atomic E-state index is 11.6. The molecule has 0 radical (unpaired) electrons. The SMILES string of the molecule is CNCCN(C)C(=O)CN1CSCC1=O.Cl. The minimum Gasteiger partial charge on any atom is -0.343 e. The van der Waals surface area contributed by atoms with Gasteiger partial charge in [0.15, 0.2) is 0 Å². The number of hydrogen-bond acceptors (Lipinski definition) is 4. The van der Waals surface area contributed by atoms with E-state index in [2.05, 4.69) is 5.32 Å². The van der Waals surface area contributed by atoms with Gasteiger partial charge < -0.3 is 15.1 Å². The predicted octanol–water partition coefficient (Wildman–Crippen LogP) is -0.381. The molecule has 0 aromatic carbocycles. The number of carbonyl (C=O) groups is 2. The fraction of sp³-hybridized carbons (Fsp3) is 0.778. The van der Waals surface area contributed by atoms with Crippen molar-refractivity contribution in [3.63, 3.8) is 0 Å². The normalized spacial score (nSPS) is 14.9. The Balaban J connectivity index is 0.00000225. The Morgan fingerprint density at radius 3 is 2.81 bits per heavy atom. The van der Waals surface area contributed by atoms with Crippen molar-refractivity contribution in [1.82, 2.24) is 15.1 Å². The van der Waals surface area contributed by atoms with Crippen LogP contribution in [-0.4, -0.2) is 67.0 Å². The fourth-order valence-electron chi connectivity index (χ4n) is 1.23. The molecule has 1 saturated heterocycles. The third kappa shape index (κ3) is 4.59. The molecule has 1 aliphatic heterocycles. The molecule has 1 fully saturated rings. The maximum atomic E-state index is 11.6. The summed E-state index contributed by atoms with van der Waals surface area (Å²) in [5, 5.41) is 2.98. The van der Waals surface area contributed by atoms with Gasteiger partial charge >= 0.3 is 0 Å². The minimum atomic E-state index is 0. The lowest BCUT2D eigenvalue weighted by atomic mass is 10.4. The van der Waals surface area contributed by atoms with Gasteiger partial charge in [0.1, 0.15) is 6.54 Å². The highest BCUT2D eigenvalue weighted by Crippen LogP contribution is 2.14. The van der Waals surface area contributed by atoms with Gasteiger partial charge in [-0.2, -0.15) is 0 Å². The second kappa shape index (κ2) is 7.76. The van der Waals surface area contributed by atoms with Crippen molar-refractivity contribution in [2.45, 2.75) is 0 Å². The Bertz CT molecular complexity index is 253. The molecule has 0 aromatic heterocycles. The van der Waals surface area contributed by atoms with Crippen molar-refractivity contribution in [1.29, 1.82) is 0 Å². The van der Waals surface area contributed by atoms with Crippen molar-refractivity contribution >= 4 is 36.0 Å². The van der Waals surface area contributed by atoms with Crippen molar-refractivity contribution in [2.24, 2.45) is 0 Å². The van der Waals surface area contributed by atoms with Crippen molar-refractivity contribution in [3.8, 4) is 0 Å². The summed E-state index contributed by atoms with van der Waals surface area (Å²) in [4.78, 5) is 26.2. The largest absolute Gasteiger partial charge is 0.343 e. The predicted molar refractivity (Wildman–Crippen MR) is 67.8 cm³/mol. The molecule has 1 heterocycles. The van der Waals surface area contributed by atoms with E-state index >= 15 is 0 Å². The smallest absolute Gasteiger partial charge is 0.242 e. The first-order chi connectivity index (χ1) is 7.15. The van der Waals surface area contributed by atoms with Gasteiger partial charge in [0, 0.05) is 20.1 Å². The van der Waals surface area contributed by atoms with Gasteiger partial charge in [-0.1, -0.05) is 0 Å². The van der Waals surface area contributed by atoms with Crippen LogP contribution in [0.15, 0.2) is 0 Å². The van der Waals surface area contributed by atoms with E-state index in [-0.39, 0.29) is 30.8 Å². The quantitative estimate of drug-likeness (QED) is 0.738. The Hall–Kier alpha value is -0.460. The first kappa shape index (κ1) is 15.5. The highest BCUT2D eigenvalue weighted by molar-refractivity contribution is 8.00. The molecule has 5 nitrogen and oxygen atoms in total. The standard InChI is InChI=1S/C9H17N3O2S.ClH/c1-10-3-4-11(2)8(13)5-12-7-15-6-9(12)14;/h10H,3-7H2,1-2H3;1H. The number of likely N-dealkylation sites (N-methyl/N-ethyl adjacent to an activating group) is 2. The zero-order valence-corrected chi connectivity index (χ0v) is 11.2. The molecule has 7 heteroatoms. The average Bonchev–Trinajstić information content (AvgIpc) is 2.61. The molecular weight excluding hydrogens is 250 g/mol. The second-order valence-electron chi connectivity index (χ2n) is 3.49. The van der Waals surface area contributed by atoms with Crippen LogP contribution in [0.2, 0.25) is 0 Å². The number of nitrogens with one attached hydrogen (secondary N) is 1. The van der Waals surface area contributed by atoms with Gasteiger partial charge in [-0.25, -0.2) is 0 Å². The molecule has 16 heavy (non-hydrogen) atoms. The van der Waals surface area contributed by atoms with Crippen molar-refractivity contribution in [3.05, 3.63) is 0 Å². The highest BCUT2D eigenvalue weighted by atomic mass is 35.5. The topological polar surface area (TPSA) is 52.7 Å². The van der Waals surface area contributed by atoms with Crippen LogP contribution >= 0.6 is 24.2 Å². The molecular formula is C9H18ClN3O2S. The van der Waals surface area contributed by atoms with Gasteiger partial charge in [0.2, 0.25) is 11.8 Å². The lowest BCUT2D eigenvalue weighted by Crippen LogP contribution is -2.41. The third-order valence-electron chi connectivity index (χ3n) is 2.27. The Morgan fingerprint density at radius 2 is 2.31 bits per heavy atom. The van der Waals surface area contributed by atoms with E-state index in [1.165, 1.54) is 0 Å². The van der Waals surface area contributed by atoms with Crippen LogP contribution in [0.3, 0.4) is 0 Å².